The second kappa shape index (κ2) is 7.04. The Morgan fingerprint density at radius 1 is 1.36 bits per heavy atom. The molecule has 8 heteroatoms. The molecule has 0 aliphatic carbocycles. The van der Waals surface area contributed by atoms with Gasteiger partial charge in [0.25, 0.3) is 0 Å². The molecule has 0 saturated carbocycles. The zero-order valence-corrected chi connectivity index (χ0v) is 14.8. The van der Waals surface area contributed by atoms with E-state index in [1.54, 1.807) is 4.68 Å². The maximum absolute atomic E-state index is 5.87. The van der Waals surface area contributed by atoms with E-state index in [1.165, 1.54) is 0 Å². The van der Waals surface area contributed by atoms with Crippen LogP contribution in [-0.4, -0.2) is 44.7 Å². The highest BCUT2D eigenvalue weighted by molar-refractivity contribution is 9.10. The van der Waals surface area contributed by atoms with Crippen molar-refractivity contribution in [2.45, 2.75) is 19.9 Å². The number of halogens is 2. The van der Waals surface area contributed by atoms with E-state index < -0.39 is 0 Å². The van der Waals surface area contributed by atoms with Crippen LogP contribution in [0.3, 0.4) is 0 Å². The van der Waals surface area contributed by atoms with Crippen LogP contribution >= 0.6 is 28.3 Å². The van der Waals surface area contributed by atoms with Crippen molar-refractivity contribution in [2.24, 2.45) is 11.1 Å². The molecule has 1 atom stereocenters. The van der Waals surface area contributed by atoms with Crippen LogP contribution in [0.4, 0.5) is 0 Å². The number of rotatable bonds is 4. The second-order valence-corrected chi connectivity index (χ2v) is 6.79. The van der Waals surface area contributed by atoms with Crippen molar-refractivity contribution in [3.8, 4) is 5.69 Å². The molecule has 1 aliphatic heterocycles. The normalized spacial score (nSPS) is 21.8. The van der Waals surface area contributed by atoms with Gasteiger partial charge in [0.2, 0.25) is 0 Å². The summed E-state index contributed by atoms with van der Waals surface area (Å²) in [5.41, 5.74) is 7.04. The number of hydrogen-bond acceptors (Lipinski definition) is 5. The molecule has 2 N–H and O–H groups in total. The van der Waals surface area contributed by atoms with Gasteiger partial charge in [0, 0.05) is 11.0 Å². The summed E-state index contributed by atoms with van der Waals surface area (Å²) >= 11 is 3.55. The third kappa shape index (κ3) is 3.48. The van der Waals surface area contributed by atoms with Crippen LogP contribution in [0.5, 0.6) is 0 Å². The van der Waals surface area contributed by atoms with Crippen molar-refractivity contribution >= 4 is 28.3 Å². The Morgan fingerprint density at radius 2 is 2.14 bits per heavy atom. The molecule has 22 heavy (non-hydrogen) atoms. The molecule has 1 saturated heterocycles. The van der Waals surface area contributed by atoms with Crippen LogP contribution in [0, 0.1) is 5.41 Å². The first kappa shape index (κ1) is 17.3. The van der Waals surface area contributed by atoms with E-state index in [0.29, 0.717) is 0 Å². The van der Waals surface area contributed by atoms with Gasteiger partial charge in [0.15, 0.2) is 5.82 Å². The molecule has 1 fully saturated rings. The molecule has 1 unspecified atom stereocenters. The third-order valence-corrected chi connectivity index (χ3v) is 4.78. The van der Waals surface area contributed by atoms with E-state index >= 15 is 0 Å². The fourth-order valence-electron chi connectivity index (χ4n) is 2.74. The average molecular weight is 388 g/mol. The Kier molecular flexibility index (Phi) is 5.55. The van der Waals surface area contributed by atoms with E-state index in [2.05, 4.69) is 43.3 Å². The van der Waals surface area contributed by atoms with E-state index in [1.807, 2.05) is 24.3 Å². The summed E-state index contributed by atoms with van der Waals surface area (Å²) in [5, 5.41) is 12.1. The van der Waals surface area contributed by atoms with Gasteiger partial charge in [-0.1, -0.05) is 19.1 Å². The lowest BCUT2D eigenvalue weighted by Crippen LogP contribution is -2.31. The summed E-state index contributed by atoms with van der Waals surface area (Å²) in [7, 11) is 0. The standard InChI is InChI=1S/C14H19BrN6.ClH/c1-14(9-16)6-7-20(10-14)8-13-17-18-19-21(13)12-5-3-2-4-11(12)15;/h2-5H,6-10,16H2,1H3;1H. The second-order valence-electron chi connectivity index (χ2n) is 5.93. The Labute approximate surface area is 144 Å². The summed E-state index contributed by atoms with van der Waals surface area (Å²) < 4.78 is 2.77. The molecular formula is C14H20BrClN6. The molecule has 2 aromatic rings. The van der Waals surface area contributed by atoms with Crippen LogP contribution < -0.4 is 5.73 Å². The molecule has 3 rings (SSSR count). The van der Waals surface area contributed by atoms with Gasteiger partial charge in [-0.2, -0.15) is 4.68 Å². The molecule has 0 spiro atoms. The van der Waals surface area contributed by atoms with Gasteiger partial charge in [-0.25, -0.2) is 0 Å². The lowest BCUT2D eigenvalue weighted by atomic mass is 9.90. The van der Waals surface area contributed by atoms with E-state index in [9.17, 15) is 0 Å². The molecule has 1 aliphatic rings. The van der Waals surface area contributed by atoms with Gasteiger partial charge >= 0.3 is 0 Å². The van der Waals surface area contributed by atoms with E-state index in [4.69, 9.17) is 5.73 Å². The predicted molar refractivity (Wildman–Crippen MR) is 91.2 cm³/mol. The van der Waals surface area contributed by atoms with Crippen LogP contribution in [0.25, 0.3) is 5.69 Å². The maximum atomic E-state index is 5.87. The van der Waals surface area contributed by atoms with Crippen LogP contribution in [0.15, 0.2) is 28.7 Å². The Bertz CT molecular complexity index is 633. The molecule has 0 bridgehead atoms. The Hall–Kier alpha value is -1.02. The number of tetrazole rings is 1. The number of hydrogen-bond donors (Lipinski definition) is 1. The fraction of sp³-hybridized carbons (Fsp3) is 0.500. The van der Waals surface area contributed by atoms with Crippen molar-refractivity contribution in [1.82, 2.24) is 25.1 Å². The number of nitrogens with two attached hydrogens (primary N) is 1. The topological polar surface area (TPSA) is 72.9 Å². The number of aromatic nitrogens is 4. The van der Waals surface area contributed by atoms with Gasteiger partial charge in [-0.05, 0) is 63.4 Å². The molecule has 0 amide bonds. The van der Waals surface area contributed by atoms with Gasteiger partial charge in [0.1, 0.15) is 0 Å². The first-order chi connectivity index (χ1) is 10.1. The van der Waals surface area contributed by atoms with Gasteiger partial charge in [0.05, 0.1) is 12.2 Å². The third-order valence-electron chi connectivity index (χ3n) is 4.11. The van der Waals surface area contributed by atoms with Gasteiger partial charge in [-0.15, -0.1) is 17.5 Å². The fourth-order valence-corrected chi connectivity index (χ4v) is 3.20. The lowest BCUT2D eigenvalue weighted by molar-refractivity contribution is 0.267. The summed E-state index contributed by atoms with van der Waals surface area (Å²) in [6.07, 6.45) is 1.13. The zero-order valence-electron chi connectivity index (χ0n) is 12.4. The SMILES string of the molecule is CC1(CN)CCN(Cc2nnnn2-c2ccccc2Br)C1.Cl. The summed E-state index contributed by atoms with van der Waals surface area (Å²) in [5.74, 6) is 0.850. The van der Waals surface area contributed by atoms with Gasteiger partial charge in [-0.3, -0.25) is 4.90 Å². The van der Waals surface area contributed by atoms with Crippen LogP contribution in [0.2, 0.25) is 0 Å². The lowest BCUT2D eigenvalue weighted by Gasteiger charge is -2.22. The minimum atomic E-state index is 0. The number of benzene rings is 1. The van der Waals surface area contributed by atoms with Gasteiger partial charge < -0.3 is 5.73 Å². The maximum Gasteiger partial charge on any atom is 0.170 e. The molecule has 2 heterocycles. The Morgan fingerprint density at radius 3 is 2.82 bits per heavy atom. The minimum Gasteiger partial charge on any atom is -0.330 e. The summed E-state index contributed by atoms with van der Waals surface area (Å²) in [6, 6.07) is 7.94. The molecule has 6 nitrogen and oxygen atoms in total. The Balaban J connectivity index is 0.00000176. The first-order valence-electron chi connectivity index (χ1n) is 7.06. The van der Waals surface area contributed by atoms with Crippen LogP contribution in [0.1, 0.15) is 19.2 Å². The highest BCUT2D eigenvalue weighted by atomic mass is 79.9. The molecule has 1 aromatic heterocycles. The van der Waals surface area contributed by atoms with Crippen molar-refractivity contribution in [3.63, 3.8) is 0 Å². The average Bonchev–Trinajstić information content (AvgIpc) is 3.08. The zero-order chi connectivity index (χ0) is 14.9. The van der Waals surface area contributed by atoms with E-state index in [-0.39, 0.29) is 17.8 Å². The van der Waals surface area contributed by atoms with Crippen molar-refractivity contribution < 1.29 is 0 Å². The number of likely N-dealkylation sites (tertiary alicyclic amines) is 1. The van der Waals surface area contributed by atoms with E-state index in [0.717, 1.165) is 48.6 Å². The largest absolute Gasteiger partial charge is 0.330 e. The highest BCUT2D eigenvalue weighted by Gasteiger charge is 2.33. The number of para-hydroxylation sites is 1. The predicted octanol–water partition coefficient (Wildman–Crippen LogP) is 2.02. The van der Waals surface area contributed by atoms with Crippen LogP contribution in [-0.2, 0) is 6.54 Å². The van der Waals surface area contributed by atoms with Crippen molar-refractivity contribution in [1.29, 1.82) is 0 Å². The molecule has 0 radical (unpaired) electrons. The highest BCUT2D eigenvalue weighted by Crippen LogP contribution is 2.29. The molecule has 120 valence electrons. The smallest absolute Gasteiger partial charge is 0.170 e. The van der Waals surface area contributed by atoms with Crippen molar-refractivity contribution in [3.05, 3.63) is 34.6 Å². The summed E-state index contributed by atoms with van der Waals surface area (Å²) in [4.78, 5) is 2.37. The monoisotopic (exact) mass is 386 g/mol. The number of nitrogens with zero attached hydrogens (tertiary/aromatic N) is 5. The van der Waals surface area contributed by atoms with Crippen molar-refractivity contribution in [2.75, 3.05) is 19.6 Å². The minimum absolute atomic E-state index is 0. The quantitative estimate of drug-likeness (QED) is 0.869. The first-order valence-corrected chi connectivity index (χ1v) is 7.85. The molecular weight excluding hydrogens is 368 g/mol. The molecule has 1 aromatic carbocycles. The summed E-state index contributed by atoms with van der Waals surface area (Å²) in [6.45, 7) is 5.73.